The van der Waals surface area contributed by atoms with Gasteiger partial charge in [-0.2, -0.15) is 0 Å². The second kappa shape index (κ2) is 9.08. The lowest BCUT2D eigenvalue weighted by atomic mass is 9.96. The number of rotatable bonds is 3. The van der Waals surface area contributed by atoms with Gasteiger partial charge in [-0.15, -0.1) is 0 Å². The molecule has 2 aliphatic heterocycles. The number of aliphatic hydroxyl groups is 3. The number of aromatic amines is 1. The molecule has 3 aromatic carbocycles. The van der Waals surface area contributed by atoms with Gasteiger partial charge in [-0.25, -0.2) is 0 Å². The van der Waals surface area contributed by atoms with Crippen LogP contribution in [0.3, 0.4) is 0 Å². The van der Waals surface area contributed by atoms with Gasteiger partial charge in [0.25, 0.3) is 11.8 Å². The zero-order valence-corrected chi connectivity index (χ0v) is 24.4. The van der Waals surface area contributed by atoms with Crippen LogP contribution >= 0.6 is 31.9 Å². The second-order valence-corrected chi connectivity index (χ2v) is 12.0. The van der Waals surface area contributed by atoms with Crippen molar-refractivity contribution in [1.29, 1.82) is 0 Å². The fourth-order valence-corrected chi connectivity index (χ4v) is 7.05. The number of imide groups is 1. The number of amides is 2. The van der Waals surface area contributed by atoms with Gasteiger partial charge >= 0.3 is 0 Å². The molecule has 0 bridgehead atoms. The maximum absolute atomic E-state index is 13.7. The Balaban J connectivity index is 1.70. The van der Waals surface area contributed by atoms with Crippen molar-refractivity contribution in [3.8, 4) is 0 Å². The highest BCUT2D eigenvalue weighted by molar-refractivity contribution is 9.10. The van der Waals surface area contributed by atoms with Crippen molar-refractivity contribution >= 4 is 87.3 Å². The number of hydrogen-bond acceptors (Lipinski definition) is 7. The van der Waals surface area contributed by atoms with Gasteiger partial charge < -0.3 is 34.3 Å². The predicted molar refractivity (Wildman–Crippen MR) is 154 cm³/mol. The third kappa shape index (κ3) is 3.32. The normalized spacial score (nSPS) is 25.3. The molecule has 0 spiro atoms. The average Bonchev–Trinajstić information content (AvgIpc) is 3.54. The van der Waals surface area contributed by atoms with Gasteiger partial charge in [0.05, 0.1) is 34.3 Å². The van der Waals surface area contributed by atoms with Crippen LogP contribution in [-0.4, -0.2) is 86.8 Å². The van der Waals surface area contributed by atoms with E-state index in [9.17, 15) is 24.9 Å². The number of hydrogen-bond donors (Lipinski definition) is 4. The first-order valence-corrected chi connectivity index (χ1v) is 14.1. The molecule has 40 heavy (non-hydrogen) atoms. The molecule has 2 aliphatic rings. The second-order valence-electron chi connectivity index (χ2n) is 10.2. The number of aromatic nitrogens is 2. The van der Waals surface area contributed by atoms with Crippen LogP contribution in [-0.2, 0) is 9.47 Å². The van der Waals surface area contributed by atoms with Crippen molar-refractivity contribution < 1.29 is 34.4 Å². The van der Waals surface area contributed by atoms with E-state index in [2.05, 4.69) is 36.8 Å². The fraction of sp³-hybridized carbons (Fsp3) is 0.286. The van der Waals surface area contributed by atoms with Gasteiger partial charge in [-0.1, -0.05) is 31.9 Å². The van der Waals surface area contributed by atoms with E-state index in [1.54, 1.807) is 4.57 Å². The number of benzene rings is 3. The molecule has 0 saturated carbocycles. The highest BCUT2D eigenvalue weighted by Crippen LogP contribution is 2.47. The van der Waals surface area contributed by atoms with Crippen LogP contribution in [0.2, 0.25) is 0 Å². The predicted octanol–water partition coefficient (Wildman–Crippen LogP) is 3.81. The number of H-pyrrole nitrogens is 1. The van der Waals surface area contributed by atoms with Crippen LogP contribution in [0.15, 0.2) is 45.3 Å². The number of methoxy groups -OCH3 is 1. The zero-order valence-electron chi connectivity index (χ0n) is 21.2. The van der Waals surface area contributed by atoms with Crippen molar-refractivity contribution in [1.82, 2.24) is 14.5 Å². The number of fused-ring (bicyclic) bond motifs is 10. The molecule has 5 atom stereocenters. The number of ether oxygens (including phenoxy) is 2. The average molecular weight is 673 g/mol. The molecular weight excluding hydrogens is 650 g/mol. The highest BCUT2D eigenvalue weighted by atomic mass is 79.9. The van der Waals surface area contributed by atoms with Crippen molar-refractivity contribution in [3.63, 3.8) is 0 Å². The number of carbonyl (C=O) groups excluding carboxylic acids is 2. The number of halogens is 2. The van der Waals surface area contributed by atoms with Crippen LogP contribution in [0.25, 0.3) is 43.6 Å². The molecule has 1 fully saturated rings. The molecule has 206 valence electrons. The molecule has 10 nitrogen and oxygen atoms in total. The molecule has 0 aliphatic carbocycles. The van der Waals surface area contributed by atoms with Gasteiger partial charge in [0.15, 0.2) is 6.23 Å². The third-order valence-electron chi connectivity index (χ3n) is 8.12. The van der Waals surface area contributed by atoms with E-state index in [-0.39, 0.29) is 5.56 Å². The van der Waals surface area contributed by atoms with E-state index < -0.39 is 49.1 Å². The summed E-state index contributed by atoms with van der Waals surface area (Å²) in [4.78, 5) is 31.8. The Morgan fingerprint density at radius 1 is 0.975 bits per heavy atom. The first-order chi connectivity index (χ1) is 19.2. The standard InChI is InChI=1S/C28H23Br2N3O7/c1-32-26(37)19-17-12-7-10(29)3-5-14(12)31-21(17)22-18(20(19)27(32)38)13-8-11(30)4-6-15(13)33(22)28-24(36)23(35)25(39-2)16(9-34)40-28/h3-8,16,23-25,28,31,34-36H,9H2,1-2H3/t16-,23-,24-,25-,28-/m1/s1. The molecule has 4 N–H and O–H groups in total. The minimum atomic E-state index is -1.45. The SMILES string of the molecule is CO[C@H]1[C@H](O)[C@@H](O)[C@H](n2c3ccc(Br)cc3c3c4c(c5c6cc(Br)ccc6[nH]c5c32)C(=O)N(C)C4=O)O[C@@H]1CO. The Labute approximate surface area is 243 Å². The Hall–Kier alpha value is -2.84. The lowest BCUT2D eigenvalue weighted by molar-refractivity contribution is -0.255. The Morgan fingerprint density at radius 2 is 1.62 bits per heavy atom. The maximum atomic E-state index is 13.7. The van der Waals surface area contributed by atoms with Crippen LogP contribution < -0.4 is 0 Å². The monoisotopic (exact) mass is 671 g/mol. The lowest BCUT2D eigenvalue weighted by Gasteiger charge is -2.42. The number of aliphatic hydroxyl groups excluding tert-OH is 3. The summed E-state index contributed by atoms with van der Waals surface area (Å²) in [7, 11) is 2.84. The summed E-state index contributed by atoms with van der Waals surface area (Å²) in [6.07, 6.45) is -5.88. The zero-order chi connectivity index (χ0) is 28.2. The molecule has 2 aromatic heterocycles. The van der Waals surface area contributed by atoms with Crippen molar-refractivity contribution in [2.45, 2.75) is 30.6 Å². The van der Waals surface area contributed by atoms with Crippen LogP contribution in [0.5, 0.6) is 0 Å². The largest absolute Gasteiger partial charge is 0.394 e. The van der Waals surface area contributed by atoms with Crippen LogP contribution in [0.4, 0.5) is 0 Å². The smallest absolute Gasteiger partial charge is 0.262 e. The maximum Gasteiger partial charge on any atom is 0.262 e. The van der Waals surface area contributed by atoms with Gasteiger partial charge in [0.1, 0.15) is 24.4 Å². The molecule has 1 saturated heterocycles. The lowest BCUT2D eigenvalue weighted by Crippen LogP contribution is -2.57. The Morgan fingerprint density at radius 3 is 2.30 bits per heavy atom. The Bertz CT molecular complexity index is 1910. The first kappa shape index (κ1) is 26.1. The summed E-state index contributed by atoms with van der Waals surface area (Å²) in [5.41, 5.74) is 3.01. The molecule has 5 aromatic rings. The summed E-state index contributed by atoms with van der Waals surface area (Å²) in [5.74, 6) is -0.843. The van der Waals surface area contributed by atoms with E-state index in [0.717, 1.165) is 24.7 Å². The summed E-state index contributed by atoms with van der Waals surface area (Å²) in [6.45, 7) is -0.454. The quantitative estimate of drug-likeness (QED) is 0.214. The van der Waals surface area contributed by atoms with Crippen LogP contribution in [0, 0.1) is 0 Å². The van der Waals surface area contributed by atoms with E-state index in [4.69, 9.17) is 9.47 Å². The minimum absolute atomic E-state index is 0.261. The van der Waals surface area contributed by atoms with Crippen molar-refractivity contribution in [2.24, 2.45) is 0 Å². The topological polar surface area (TPSA) is 137 Å². The van der Waals surface area contributed by atoms with E-state index in [1.807, 2.05) is 36.4 Å². The first-order valence-electron chi connectivity index (χ1n) is 12.6. The van der Waals surface area contributed by atoms with Gasteiger partial charge in [0, 0.05) is 50.2 Å². The summed E-state index contributed by atoms with van der Waals surface area (Å²) in [6, 6.07) is 11.1. The fourth-order valence-electron chi connectivity index (χ4n) is 6.33. The third-order valence-corrected chi connectivity index (χ3v) is 9.10. The summed E-state index contributed by atoms with van der Waals surface area (Å²) in [5, 5.41) is 34.9. The van der Waals surface area contributed by atoms with E-state index in [1.165, 1.54) is 14.2 Å². The minimum Gasteiger partial charge on any atom is -0.394 e. The van der Waals surface area contributed by atoms with Gasteiger partial charge in [0.2, 0.25) is 0 Å². The Kier molecular flexibility index (Phi) is 5.92. The molecular formula is C28H23Br2N3O7. The van der Waals surface area contributed by atoms with E-state index >= 15 is 0 Å². The number of nitrogens with one attached hydrogen (secondary N) is 1. The van der Waals surface area contributed by atoms with Gasteiger partial charge in [-0.3, -0.25) is 14.5 Å². The molecule has 4 heterocycles. The summed E-state index contributed by atoms with van der Waals surface area (Å²) < 4.78 is 14.9. The molecule has 12 heteroatoms. The molecule has 0 radical (unpaired) electrons. The number of carbonyl (C=O) groups is 2. The molecule has 2 amide bonds. The van der Waals surface area contributed by atoms with Gasteiger partial charge in [-0.05, 0) is 36.4 Å². The highest BCUT2D eigenvalue weighted by Gasteiger charge is 2.47. The van der Waals surface area contributed by atoms with Crippen molar-refractivity contribution in [3.05, 3.63) is 56.5 Å². The summed E-state index contributed by atoms with van der Waals surface area (Å²) >= 11 is 7.06. The molecule has 0 unspecified atom stereocenters. The molecule has 7 rings (SSSR count). The van der Waals surface area contributed by atoms with E-state index in [0.29, 0.717) is 38.3 Å². The van der Waals surface area contributed by atoms with Crippen molar-refractivity contribution in [2.75, 3.05) is 20.8 Å². The number of nitrogens with zero attached hydrogens (tertiary/aromatic N) is 2. The van der Waals surface area contributed by atoms with Crippen LogP contribution in [0.1, 0.15) is 26.9 Å².